The number of rotatable bonds is 4. The van der Waals surface area contributed by atoms with E-state index >= 15 is 0 Å². The highest BCUT2D eigenvalue weighted by Crippen LogP contribution is 2.36. The van der Waals surface area contributed by atoms with Crippen molar-refractivity contribution in [1.29, 1.82) is 0 Å². The van der Waals surface area contributed by atoms with Crippen LogP contribution in [0.3, 0.4) is 0 Å². The topological polar surface area (TPSA) is 64.9 Å². The third kappa shape index (κ3) is 5.45. The van der Waals surface area contributed by atoms with E-state index in [4.69, 9.17) is 10.2 Å². The first-order chi connectivity index (χ1) is 11.2. The van der Waals surface area contributed by atoms with Gasteiger partial charge in [0.15, 0.2) is 0 Å². The minimum absolute atomic E-state index is 0.0691. The highest BCUT2D eigenvalue weighted by atomic mass is 19.4. The lowest BCUT2D eigenvalue weighted by Gasteiger charge is -2.14. The van der Waals surface area contributed by atoms with Gasteiger partial charge in [-0.05, 0) is 37.6 Å². The van der Waals surface area contributed by atoms with Crippen LogP contribution in [0.25, 0.3) is 0 Å². The van der Waals surface area contributed by atoms with E-state index in [1.54, 1.807) is 13.8 Å². The van der Waals surface area contributed by atoms with Crippen molar-refractivity contribution in [2.75, 3.05) is 0 Å². The standard InChI is InChI=1S/C15H15F6N3O/c1-13(2,22)7-12-24-23-11(25-12)5-8-3-9(14(16,17)18)6-10(4-8)15(19,20)21/h3-4,6H,5,7,22H2,1-2H3. The summed E-state index contributed by atoms with van der Waals surface area (Å²) in [6.45, 7) is 3.42. The third-order valence-electron chi connectivity index (χ3n) is 3.12. The van der Waals surface area contributed by atoms with Crippen LogP contribution >= 0.6 is 0 Å². The summed E-state index contributed by atoms with van der Waals surface area (Å²) in [6.07, 6.45) is -9.94. The van der Waals surface area contributed by atoms with Crippen LogP contribution in [0.1, 0.15) is 42.3 Å². The van der Waals surface area contributed by atoms with Crippen LogP contribution in [0.15, 0.2) is 22.6 Å². The van der Waals surface area contributed by atoms with Gasteiger partial charge in [-0.1, -0.05) is 0 Å². The number of benzene rings is 1. The van der Waals surface area contributed by atoms with Crippen LogP contribution in [0, 0.1) is 0 Å². The number of nitrogens with two attached hydrogens (primary N) is 1. The minimum atomic E-state index is -4.90. The maximum absolute atomic E-state index is 12.8. The predicted octanol–water partition coefficient (Wildman–Crippen LogP) is 3.98. The lowest BCUT2D eigenvalue weighted by molar-refractivity contribution is -0.143. The average Bonchev–Trinajstić information content (AvgIpc) is 2.81. The molecule has 10 heteroatoms. The number of nitrogens with zero attached hydrogens (tertiary/aromatic N) is 2. The van der Waals surface area contributed by atoms with Crippen LogP contribution in [0.4, 0.5) is 26.3 Å². The molecule has 0 bridgehead atoms. The molecule has 0 amide bonds. The van der Waals surface area contributed by atoms with E-state index in [-0.39, 0.29) is 36.3 Å². The lowest BCUT2D eigenvalue weighted by atomic mass is 10.0. The Morgan fingerprint density at radius 1 is 0.880 bits per heavy atom. The number of hydrogen-bond donors (Lipinski definition) is 1. The van der Waals surface area contributed by atoms with Gasteiger partial charge in [0.1, 0.15) is 0 Å². The molecule has 0 fully saturated rings. The van der Waals surface area contributed by atoms with E-state index < -0.39 is 29.0 Å². The number of alkyl halides is 6. The molecule has 25 heavy (non-hydrogen) atoms. The zero-order valence-corrected chi connectivity index (χ0v) is 13.3. The van der Waals surface area contributed by atoms with Crippen molar-refractivity contribution in [3.63, 3.8) is 0 Å². The van der Waals surface area contributed by atoms with Gasteiger partial charge in [0.25, 0.3) is 0 Å². The van der Waals surface area contributed by atoms with Gasteiger partial charge in [-0.2, -0.15) is 26.3 Å². The quantitative estimate of drug-likeness (QED) is 0.831. The van der Waals surface area contributed by atoms with Crippen molar-refractivity contribution >= 4 is 0 Å². The molecule has 4 nitrogen and oxygen atoms in total. The highest BCUT2D eigenvalue weighted by Gasteiger charge is 2.37. The summed E-state index contributed by atoms with van der Waals surface area (Å²) >= 11 is 0. The number of aromatic nitrogens is 2. The molecular formula is C15H15F6N3O. The first-order valence-electron chi connectivity index (χ1n) is 7.12. The van der Waals surface area contributed by atoms with Crippen molar-refractivity contribution in [1.82, 2.24) is 10.2 Å². The fourth-order valence-corrected chi connectivity index (χ4v) is 2.12. The van der Waals surface area contributed by atoms with Crippen molar-refractivity contribution in [2.45, 2.75) is 44.6 Å². The van der Waals surface area contributed by atoms with Crippen LogP contribution in [0.2, 0.25) is 0 Å². The Labute approximate surface area is 139 Å². The van der Waals surface area contributed by atoms with Gasteiger partial charge in [-0.25, -0.2) is 0 Å². The first kappa shape index (κ1) is 19.2. The van der Waals surface area contributed by atoms with E-state index in [9.17, 15) is 26.3 Å². The molecule has 0 radical (unpaired) electrons. The van der Waals surface area contributed by atoms with Crippen LogP contribution < -0.4 is 5.73 Å². The summed E-state index contributed by atoms with van der Waals surface area (Å²) in [4.78, 5) is 0. The second-order valence-corrected chi connectivity index (χ2v) is 6.35. The molecule has 1 aromatic heterocycles. The summed E-state index contributed by atoms with van der Waals surface area (Å²) in [5.74, 6) is 0.0669. The summed E-state index contributed by atoms with van der Waals surface area (Å²) in [6, 6.07) is 1.33. The van der Waals surface area contributed by atoms with Gasteiger partial charge in [0, 0.05) is 12.0 Å². The van der Waals surface area contributed by atoms with Crippen LogP contribution in [-0.2, 0) is 25.2 Å². The Morgan fingerprint density at radius 3 is 1.80 bits per heavy atom. The first-order valence-corrected chi connectivity index (χ1v) is 7.12. The molecule has 0 aliphatic heterocycles. The van der Waals surface area contributed by atoms with Crippen molar-refractivity contribution in [2.24, 2.45) is 5.73 Å². The van der Waals surface area contributed by atoms with Gasteiger partial charge >= 0.3 is 12.4 Å². The fourth-order valence-electron chi connectivity index (χ4n) is 2.12. The van der Waals surface area contributed by atoms with E-state index in [0.717, 1.165) is 0 Å². The Balaban J connectivity index is 2.33. The van der Waals surface area contributed by atoms with Gasteiger partial charge in [0.2, 0.25) is 11.8 Å². The second-order valence-electron chi connectivity index (χ2n) is 6.35. The SMILES string of the molecule is CC(C)(N)Cc1nnc(Cc2cc(C(F)(F)F)cc(C(F)(F)F)c2)o1. The third-order valence-corrected chi connectivity index (χ3v) is 3.12. The lowest BCUT2D eigenvalue weighted by Crippen LogP contribution is -2.34. The molecule has 0 spiro atoms. The Bertz CT molecular complexity index is 711. The molecule has 2 aromatic rings. The Morgan fingerprint density at radius 2 is 1.36 bits per heavy atom. The second kappa shape index (κ2) is 6.32. The molecule has 0 aliphatic carbocycles. The molecule has 2 rings (SSSR count). The highest BCUT2D eigenvalue weighted by molar-refractivity contribution is 5.34. The molecular weight excluding hydrogens is 352 g/mol. The number of hydrogen-bond acceptors (Lipinski definition) is 4. The molecule has 138 valence electrons. The fraction of sp³-hybridized carbons (Fsp3) is 0.467. The zero-order valence-electron chi connectivity index (χ0n) is 13.3. The molecule has 1 heterocycles. The zero-order chi connectivity index (χ0) is 19.0. The normalized spacial score (nSPS) is 13.3. The maximum Gasteiger partial charge on any atom is 0.416 e. The summed E-state index contributed by atoms with van der Waals surface area (Å²) in [7, 11) is 0. The summed E-state index contributed by atoms with van der Waals surface area (Å²) < 4.78 is 82.2. The maximum atomic E-state index is 12.8. The van der Waals surface area contributed by atoms with Gasteiger partial charge < -0.3 is 10.2 Å². The van der Waals surface area contributed by atoms with E-state index in [2.05, 4.69) is 10.2 Å². The van der Waals surface area contributed by atoms with Crippen molar-refractivity contribution < 1.29 is 30.8 Å². The molecule has 0 aliphatic rings. The van der Waals surface area contributed by atoms with Crippen LogP contribution in [0.5, 0.6) is 0 Å². The smallest absolute Gasteiger partial charge is 0.416 e. The van der Waals surface area contributed by atoms with Crippen molar-refractivity contribution in [3.05, 3.63) is 46.7 Å². The average molecular weight is 367 g/mol. The molecule has 1 aromatic carbocycles. The monoisotopic (exact) mass is 367 g/mol. The van der Waals surface area contributed by atoms with Gasteiger partial charge in [-0.15, -0.1) is 10.2 Å². The molecule has 0 saturated heterocycles. The molecule has 0 unspecified atom stereocenters. The molecule has 2 N–H and O–H groups in total. The molecule has 0 atom stereocenters. The minimum Gasteiger partial charge on any atom is -0.425 e. The Kier molecular flexibility index (Phi) is 4.86. The largest absolute Gasteiger partial charge is 0.425 e. The van der Waals surface area contributed by atoms with E-state index in [1.807, 2.05) is 0 Å². The molecule has 0 saturated carbocycles. The summed E-state index contributed by atoms with van der Waals surface area (Å²) in [5, 5.41) is 7.34. The number of halogens is 6. The van der Waals surface area contributed by atoms with Gasteiger partial charge in [0.05, 0.1) is 17.5 Å². The van der Waals surface area contributed by atoms with Crippen LogP contribution in [-0.4, -0.2) is 15.7 Å². The van der Waals surface area contributed by atoms with Crippen molar-refractivity contribution in [3.8, 4) is 0 Å². The van der Waals surface area contributed by atoms with Gasteiger partial charge in [-0.3, -0.25) is 0 Å². The summed E-state index contributed by atoms with van der Waals surface area (Å²) in [5.41, 5.74) is 2.13. The Hall–Kier alpha value is -2.10. The van der Waals surface area contributed by atoms with E-state index in [1.165, 1.54) is 0 Å². The predicted molar refractivity (Wildman–Crippen MR) is 75.5 cm³/mol. The van der Waals surface area contributed by atoms with E-state index in [0.29, 0.717) is 12.1 Å².